The molecular weight excluding hydrogens is 344 g/mol. The number of halogens is 1. The van der Waals surface area contributed by atoms with Gasteiger partial charge >= 0.3 is 0 Å². The molecule has 1 N–H and O–H groups in total. The lowest BCUT2D eigenvalue weighted by molar-refractivity contribution is 0.0943. The second kappa shape index (κ2) is 6.97. The van der Waals surface area contributed by atoms with Crippen molar-refractivity contribution in [2.24, 2.45) is 0 Å². The zero-order valence-electron chi connectivity index (χ0n) is 13.8. The zero-order chi connectivity index (χ0) is 17.3. The fraction of sp³-hybridized carbons (Fsp3) is 0.278. The van der Waals surface area contributed by atoms with Crippen molar-refractivity contribution in [3.05, 3.63) is 57.8 Å². The Kier molecular flexibility index (Phi) is 4.94. The molecule has 6 heteroatoms. The Labute approximate surface area is 150 Å². The quantitative estimate of drug-likeness (QED) is 0.727. The molecule has 0 radical (unpaired) electrons. The van der Waals surface area contributed by atoms with Crippen LogP contribution in [0.25, 0.3) is 10.1 Å². The Morgan fingerprint density at radius 1 is 1.38 bits per heavy atom. The number of thiophene rings is 1. The third-order valence-electron chi connectivity index (χ3n) is 3.94. The van der Waals surface area contributed by atoms with Crippen LogP contribution in [0.3, 0.4) is 0 Å². The van der Waals surface area contributed by atoms with E-state index in [0.29, 0.717) is 16.4 Å². The van der Waals surface area contributed by atoms with Crippen molar-refractivity contribution in [2.75, 3.05) is 20.6 Å². The first-order valence-electron chi connectivity index (χ1n) is 7.64. The van der Waals surface area contributed by atoms with Gasteiger partial charge in [-0.3, -0.25) is 9.69 Å². The molecule has 0 aliphatic rings. The average Bonchev–Trinajstić information content (AvgIpc) is 3.15. The minimum atomic E-state index is -0.155. The molecule has 1 amide bonds. The van der Waals surface area contributed by atoms with Gasteiger partial charge in [-0.2, -0.15) is 0 Å². The van der Waals surface area contributed by atoms with E-state index in [0.717, 1.165) is 21.4 Å². The van der Waals surface area contributed by atoms with E-state index < -0.39 is 0 Å². The number of amides is 1. The van der Waals surface area contributed by atoms with Gasteiger partial charge in [0.2, 0.25) is 0 Å². The minimum Gasteiger partial charge on any atom is -0.468 e. The molecular formula is C18H19ClN2O2S. The lowest BCUT2D eigenvalue weighted by Gasteiger charge is -2.22. The van der Waals surface area contributed by atoms with E-state index in [2.05, 4.69) is 5.32 Å². The van der Waals surface area contributed by atoms with Crippen molar-refractivity contribution in [2.45, 2.75) is 13.0 Å². The van der Waals surface area contributed by atoms with E-state index in [4.69, 9.17) is 16.0 Å². The Hall–Kier alpha value is -1.82. The summed E-state index contributed by atoms with van der Waals surface area (Å²) in [5.74, 6) is 0.663. The maximum atomic E-state index is 12.6. The molecule has 1 atom stereocenters. The summed E-state index contributed by atoms with van der Waals surface area (Å²) in [5, 5.41) is 4.41. The number of benzene rings is 1. The van der Waals surface area contributed by atoms with E-state index in [1.807, 2.05) is 56.3 Å². The fourth-order valence-corrected chi connectivity index (χ4v) is 4.14. The Balaban J connectivity index is 1.78. The van der Waals surface area contributed by atoms with Crippen LogP contribution in [0.2, 0.25) is 5.02 Å². The van der Waals surface area contributed by atoms with E-state index in [1.54, 1.807) is 6.26 Å². The summed E-state index contributed by atoms with van der Waals surface area (Å²) in [6.45, 7) is 2.47. The summed E-state index contributed by atoms with van der Waals surface area (Å²) in [6, 6.07) is 9.74. The van der Waals surface area contributed by atoms with Gasteiger partial charge in [-0.05, 0) is 44.8 Å². The standard InChI is InChI=1S/C18H19ClN2O2S/c1-11-6-7-12-15(9-11)24-17(16(12)19)18(22)20-10-13(21(2)3)14-5-4-8-23-14/h4-9,13H,10H2,1-3H3,(H,20,22)/t13-/m1/s1. The van der Waals surface area contributed by atoms with Crippen LogP contribution in [0.5, 0.6) is 0 Å². The molecule has 0 aliphatic carbocycles. The highest BCUT2D eigenvalue weighted by atomic mass is 35.5. The first-order valence-corrected chi connectivity index (χ1v) is 8.83. The molecule has 0 fully saturated rings. The Morgan fingerprint density at radius 2 is 2.17 bits per heavy atom. The second-order valence-corrected chi connectivity index (χ2v) is 7.38. The summed E-state index contributed by atoms with van der Waals surface area (Å²) < 4.78 is 6.49. The highest BCUT2D eigenvalue weighted by Crippen LogP contribution is 2.35. The van der Waals surface area contributed by atoms with Crippen LogP contribution in [-0.2, 0) is 0 Å². The lowest BCUT2D eigenvalue weighted by atomic mass is 10.2. The lowest BCUT2D eigenvalue weighted by Crippen LogP contribution is -2.34. The first kappa shape index (κ1) is 17.0. The largest absolute Gasteiger partial charge is 0.468 e. The van der Waals surface area contributed by atoms with Gasteiger partial charge in [-0.25, -0.2) is 0 Å². The highest BCUT2D eigenvalue weighted by Gasteiger charge is 2.21. The molecule has 3 aromatic rings. The van der Waals surface area contributed by atoms with Gasteiger partial charge in [-0.15, -0.1) is 11.3 Å². The van der Waals surface area contributed by atoms with Crippen LogP contribution in [0.15, 0.2) is 41.0 Å². The molecule has 2 aromatic heterocycles. The maximum Gasteiger partial charge on any atom is 0.263 e. The maximum absolute atomic E-state index is 12.6. The summed E-state index contributed by atoms with van der Waals surface area (Å²) >= 11 is 7.83. The minimum absolute atomic E-state index is 0.0284. The number of nitrogens with zero attached hydrogens (tertiary/aromatic N) is 1. The Bertz CT molecular complexity index is 855. The van der Waals surface area contributed by atoms with Gasteiger partial charge < -0.3 is 9.73 Å². The number of fused-ring (bicyclic) bond motifs is 1. The van der Waals surface area contributed by atoms with Gasteiger partial charge in [0, 0.05) is 16.6 Å². The van der Waals surface area contributed by atoms with E-state index in [1.165, 1.54) is 11.3 Å². The van der Waals surface area contributed by atoms with E-state index in [-0.39, 0.29) is 11.9 Å². The van der Waals surface area contributed by atoms with Gasteiger partial charge in [0.05, 0.1) is 17.3 Å². The summed E-state index contributed by atoms with van der Waals surface area (Å²) in [7, 11) is 3.91. The molecule has 0 bridgehead atoms. The van der Waals surface area contributed by atoms with E-state index >= 15 is 0 Å². The number of rotatable bonds is 5. The fourth-order valence-electron chi connectivity index (χ4n) is 2.61. The van der Waals surface area contributed by atoms with Crippen molar-refractivity contribution in [3.8, 4) is 0 Å². The van der Waals surface area contributed by atoms with Crippen LogP contribution < -0.4 is 5.32 Å². The predicted octanol–water partition coefficient (Wildman–Crippen LogP) is 4.49. The summed E-state index contributed by atoms with van der Waals surface area (Å²) in [5.41, 5.74) is 1.15. The number of furan rings is 1. The number of nitrogens with one attached hydrogen (secondary N) is 1. The van der Waals surface area contributed by atoms with Gasteiger partial charge in [0.15, 0.2) is 0 Å². The van der Waals surface area contributed by atoms with Crippen LogP contribution in [0.1, 0.15) is 27.0 Å². The summed E-state index contributed by atoms with van der Waals surface area (Å²) in [4.78, 5) is 15.1. The van der Waals surface area contributed by atoms with Crippen molar-refractivity contribution in [1.82, 2.24) is 10.2 Å². The molecule has 3 rings (SSSR count). The predicted molar refractivity (Wildman–Crippen MR) is 99.0 cm³/mol. The van der Waals surface area contributed by atoms with Crippen LogP contribution in [-0.4, -0.2) is 31.4 Å². The molecule has 4 nitrogen and oxygen atoms in total. The monoisotopic (exact) mass is 362 g/mol. The molecule has 0 saturated heterocycles. The van der Waals surface area contributed by atoms with Crippen molar-refractivity contribution >= 4 is 38.9 Å². The molecule has 2 heterocycles. The van der Waals surface area contributed by atoms with Crippen LogP contribution in [0, 0.1) is 6.92 Å². The Morgan fingerprint density at radius 3 is 2.83 bits per heavy atom. The summed E-state index contributed by atoms with van der Waals surface area (Å²) in [6.07, 6.45) is 1.64. The van der Waals surface area contributed by atoms with Gasteiger partial charge in [0.1, 0.15) is 10.6 Å². The molecule has 0 aliphatic heterocycles. The molecule has 1 aromatic carbocycles. The molecule has 0 unspecified atom stereocenters. The molecule has 126 valence electrons. The number of carbonyl (C=O) groups is 1. The van der Waals surface area contributed by atoms with E-state index in [9.17, 15) is 4.79 Å². The number of hydrogen-bond acceptors (Lipinski definition) is 4. The number of likely N-dealkylation sites (N-methyl/N-ethyl adjacent to an activating group) is 1. The number of aryl methyl sites for hydroxylation is 1. The highest BCUT2D eigenvalue weighted by molar-refractivity contribution is 7.21. The number of carbonyl (C=O) groups excluding carboxylic acids is 1. The third-order valence-corrected chi connectivity index (χ3v) is 5.60. The van der Waals surface area contributed by atoms with Crippen molar-refractivity contribution in [3.63, 3.8) is 0 Å². The van der Waals surface area contributed by atoms with Crippen LogP contribution in [0.4, 0.5) is 0 Å². The topological polar surface area (TPSA) is 45.5 Å². The molecule has 0 spiro atoms. The zero-order valence-corrected chi connectivity index (χ0v) is 15.4. The SMILES string of the molecule is Cc1ccc2c(Cl)c(C(=O)NC[C@H](c3ccco3)N(C)C)sc2c1. The van der Waals surface area contributed by atoms with Crippen molar-refractivity contribution < 1.29 is 9.21 Å². The molecule has 0 saturated carbocycles. The third kappa shape index (κ3) is 3.34. The smallest absolute Gasteiger partial charge is 0.263 e. The van der Waals surface area contributed by atoms with Crippen molar-refractivity contribution in [1.29, 1.82) is 0 Å². The molecule has 24 heavy (non-hydrogen) atoms. The van der Waals surface area contributed by atoms with Gasteiger partial charge in [0.25, 0.3) is 5.91 Å². The first-order chi connectivity index (χ1) is 11.5. The second-order valence-electron chi connectivity index (χ2n) is 5.95. The number of hydrogen-bond donors (Lipinski definition) is 1. The van der Waals surface area contributed by atoms with Gasteiger partial charge in [-0.1, -0.05) is 23.7 Å². The van der Waals surface area contributed by atoms with Crippen LogP contribution >= 0.6 is 22.9 Å². The normalized spacial score (nSPS) is 12.7. The average molecular weight is 363 g/mol.